The van der Waals surface area contributed by atoms with Crippen molar-refractivity contribution in [3.8, 4) is 17.2 Å². The summed E-state index contributed by atoms with van der Waals surface area (Å²) in [6, 6.07) is 13.8. The first kappa shape index (κ1) is 18.6. The monoisotopic (exact) mass is 370 g/mol. The van der Waals surface area contributed by atoms with Gasteiger partial charge < -0.3 is 24.8 Å². The number of fused-ring (bicyclic) bond motifs is 1. The first-order valence-electron chi connectivity index (χ1n) is 8.75. The molecule has 2 N–H and O–H groups in total. The molecule has 0 fully saturated rings. The first-order chi connectivity index (χ1) is 13.1. The molecule has 2 aromatic carbocycles. The van der Waals surface area contributed by atoms with Gasteiger partial charge in [-0.2, -0.15) is 0 Å². The Morgan fingerprint density at radius 2 is 1.85 bits per heavy atom. The number of nitrogens with two attached hydrogens (primary N) is 1. The second-order valence-electron chi connectivity index (χ2n) is 6.11. The van der Waals surface area contributed by atoms with Crippen LogP contribution in [0.4, 0.5) is 0 Å². The van der Waals surface area contributed by atoms with E-state index in [-0.39, 0.29) is 18.6 Å². The van der Waals surface area contributed by atoms with E-state index >= 15 is 0 Å². The fourth-order valence-corrected chi connectivity index (χ4v) is 2.76. The number of ether oxygens (including phenoxy) is 3. The molecule has 0 radical (unpaired) electrons. The van der Waals surface area contributed by atoms with Crippen LogP contribution in [0.3, 0.4) is 0 Å². The minimum Gasteiger partial charge on any atom is -0.486 e. The molecule has 0 spiro atoms. The van der Waals surface area contributed by atoms with E-state index in [1.165, 1.54) is 0 Å². The standard InChI is InChI=1S/C20H22N2O5/c1-2-22(11-16-12-26-17-5-3-4-6-18(17)27-16)19(23)13-25-15-9-7-14(8-10-15)20(21)24/h3-10,16H,2,11-13H2,1H3,(H2,21,24)/t16-/m1/s1. The molecule has 2 amide bonds. The van der Waals surface area contributed by atoms with Gasteiger partial charge in [0.2, 0.25) is 5.91 Å². The second kappa shape index (κ2) is 8.44. The van der Waals surface area contributed by atoms with Gasteiger partial charge in [0.1, 0.15) is 12.4 Å². The Balaban J connectivity index is 1.53. The zero-order valence-electron chi connectivity index (χ0n) is 15.1. The molecule has 7 nitrogen and oxygen atoms in total. The van der Waals surface area contributed by atoms with Gasteiger partial charge in [0.25, 0.3) is 5.91 Å². The number of primary amides is 1. The van der Waals surface area contributed by atoms with E-state index in [2.05, 4.69) is 0 Å². The molecule has 27 heavy (non-hydrogen) atoms. The van der Waals surface area contributed by atoms with Crippen LogP contribution in [0.1, 0.15) is 17.3 Å². The summed E-state index contributed by atoms with van der Waals surface area (Å²) >= 11 is 0. The number of likely N-dealkylation sites (N-methyl/N-ethyl adjacent to an activating group) is 1. The molecule has 1 heterocycles. The Bertz CT molecular complexity index is 806. The van der Waals surface area contributed by atoms with Gasteiger partial charge >= 0.3 is 0 Å². The largest absolute Gasteiger partial charge is 0.486 e. The highest BCUT2D eigenvalue weighted by atomic mass is 16.6. The van der Waals surface area contributed by atoms with Gasteiger partial charge in [0, 0.05) is 12.1 Å². The third-order valence-corrected chi connectivity index (χ3v) is 4.23. The van der Waals surface area contributed by atoms with Crippen LogP contribution in [-0.4, -0.2) is 49.1 Å². The van der Waals surface area contributed by atoms with Crippen molar-refractivity contribution in [2.75, 3.05) is 26.3 Å². The van der Waals surface area contributed by atoms with Crippen molar-refractivity contribution in [1.82, 2.24) is 4.90 Å². The Morgan fingerprint density at radius 3 is 2.52 bits per heavy atom. The number of benzene rings is 2. The molecule has 0 saturated heterocycles. The summed E-state index contributed by atoms with van der Waals surface area (Å²) in [5, 5.41) is 0. The van der Waals surface area contributed by atoms with Gasteiger partial charge in [-0.05, 0) is 43.3 Å². The summed E-state index contributed by atoms with van der Waals surface area (Å²) in [5.74, 6) is 1.23. The quantitative estimate of drug-likeness (QED) is 0.803. The Kier molecular flexibility index (Phi) is 5.80. The van der Waals surface area contributed by atoms with E-state index in [9.17, 15) is 9.59 Å². The molecule has 1 atom stereocenters. The zero-order valence-corrected chi connectivity index (χ0v) is 15.1. The summed E-state index contributed by atoms with van der Waals surface area (Å²) in [5.41, 5.74) is 5.59. The Hall–Kier alpha value is -3.22. The highest BCUT2D eigenvalue weighted by Crippen LogP contribution is 2.31. The lowest BCUT2D eigenvalue weighted by molar-refractivity contribution is -0.134. The Labute approximate surface area is 157 Å². The summed E-state index contributed by atoms with van der Waals surface area (Å²) in [4.78, 5) is 25.2. The van der Waals surface area contributed by atoms with Crippen molar-refractivity contribution in [1.29, 1.82) is 0 Å². The molecule has 7 heteroatoms. The van der Waals surface area contributed by atoms with Crippen LogP contribution in [0, 0.1) is 0 Å². The molecule has 3 rings (SSSR count). The highest BCUT2D eigenvalue weighted by Gasteiger charge is 2.24. The summed E-state index contributed by atoms with van der Waals surface area (Å²) in [6.45, 7) is 3.12. The molecule has 0 aliphatic carbocycles. The number of hydrogen-bond donors (Lipinski definition) is 1. The maximum Gasteiger partial charge on any atom is 0.260 e. The highest BCUT2D eigenvalue weighted by molar-refractivity contribution is 5.92. The predicted octanol–water partition coefficient (Wildman–Crippen LogP) is 1.85. The molecule has 0 unspecified atom stereocenters. The number of para-hydroxylation sites is 2. The number of hydrogen-bond acceptors (Lipinski definition) is 5. The molecule has 0 bridgehead atoms. The van der Waals surface area contributed by atoms with E-state index in [0.717, 1.165) is 0 Å². The van der Waals surface area contributed by atoms with Gasteiger partial charge in [-0.3, -0.25) is 9.59 Å². The third kappa shape index (κ3) is 4.69. The van der Waals surface area contributed by atoms with Crippen LogP contribution in [0.5, 0.6) is 17.2 Å². The summed E-state index contributed by atoms with van der Waals surface area (Å²) in [7, 11) is 0. The molecule has 1 aliphatic rings. The lowest BCUT2D eigenvalue weighted by Gasteiger charge is -2.30. The minimum atomic E-state index is -0.508. The average molecular weight is 370 g/mol. The maximum atomic E-state index is 12.5. The molecule has 0 saturated carbocycles. The lowest BCUT2D eigenvalue weighted by Crippen LogP contribution is -2.45. The van der Waals surface area contributed by atoms with Crippen LogP contribution < -0.4 is 19.9 Å². The van der Waals surface area contributed by atoms with Gasteiger partial charge in [-0.25, -0.2) is 0 Å². The van der Waals surface area contributed by atoms with E-state index in [1.54, 1.807) is 29.2 Å². The van der Waals surface area contributed by atoms with Gasteiger partial charge in [0.05, 0.1) is 6.54 Å². The van der Waals surface area contributed by atoms with Crippen molar-refractivity contribution in [2.24, 2.45) is 5.73 Å². The van der Waals surface area contributed by atoms with Crippen LogP contribution in [-0.2, 0) is 4.79 Å². The van der Waals surface area contributed by atoms with Crippen LogP contribution in [0.15, 0.2) is 48.5 Å². The molecule has 1 aliphatic heterocycles. The molecule has 0 aromatic heterocycles. The molecule has 2 aromatic rings. The smallest absolute Gasteiger partial charge is 0.260 e. The number of nitrogens with zero attached hydrogens (tertiary/aromatic N) is 1. The maximum absolute atomic E-state index is 12.5. The normalized spacial score (nSPS) is 15.1. The summed E-state index contributed by atoms with van der Waals surface area (Å²) in [6.07, 6.45) is -0.237. The average Bonchev–Trinajstić information content (AvgIpc) is 2.70. The molecule has 142 valence electrons. The molecular weight excluding hydrogens is 348 g/mol. The van der Waals surface area contributed by atoms with Crippen molar-refractivity contribution >= 4 is 11.8 Å². The molecular formula is C20H22N2O5. The third-order valence-electron chi connectivity index (χ3n) is 4.23. The fourth-order valence-electron chi connectivity index (χ4n) is 2.76. The van der Waals surface area contributed by atoms with Crippen LogP contribution >= 0.6 is 0 Å². The minimum absolute atomic E-state index is 0.103. The Morgan fingerprint density at radius 1 is 1.15 bits per heavy atom. The van der Waals surface area contributed by atoms with E-state index in [1.807, 2.05) is 31.2 Å². The topological polar surface area (TPSA) is 91.1 Å². The van der Waals surface area contributed by atoms with Crippen LogP contribution in [0.2, 0.25) is 0 Å². The fraction of sp³-hybridized carbons (Fsp3) is 0.300. The first-order valence-corrected chi connectivity index (χ1v) is 8.75. The van der Waals surface area contributed by atoms with E-state index in [4.69, 9.17) is 19.9 Å². The lowest BCUT2D eigenvalue weighted by atomic mass is 10.2. The zero-order chi connectivity index (χ0) is 19.2. The number of amides is 2. The van der Waals surface area contributed by atoms with Crippen molar-refractivity contribution in [2.45, 2.75) is 13.0 Å². The van der Waals surface area contributed by atoms with Crippen molar-refractivity contribution in [3.05, 3.63) is 54.1 Å². The van der Waals surface area contributed by atoms with Crippen molar-refractivity contribution in [3.63, 3.8) is 0 Å². The number of carbonyl (C=O) groups excluding carboxylic acids is 2. The predicted molar refractivity (Wildman–Crippen MR) is 99.1 cm³/mol. The second-order valence-corrected chi connectivity index (χ2v) is 6.11. The van der Waals surface area contributed by atoms with E-state index < -0.39 is 5.91 Å². The van der Waals surface area contributed by atoms with Gasteiger partial charge in [-0.15, -0.1) is 0 Å². The number of carbonyl (C=O) groups is 2. The van der Waals surface area contributed by atoms with Crippen LogP contribution in [0.25, 0.3) is 0 Å². The summed E-state index contributed by atoms with van der Waals surface area (Å²) < 4.78 is 17.1. The number of rotatable bonds is 7. The SMILES string of the molecule is CCN(C[C@@H]1COc2ccccc2O1)C(=O)COc1ccc(C(N)=O)cc1. The van der Waals surface area contributed by atoms with Gasteiger partial charge in [-0.1, -0.05) is 12.1 Å². The van der Waals surface area contributed by atoms with Gasteiger partial charge in [0.15, 0.2) is 24.2 Å². The van der Waals surface area contributed by atoms with E-state index in [0.29, 0.717) is 42.5 Å². The van der Waals surface area contributed by atoms with Crippen molar-refractivity contribution < 1.29 is 23.8 Å².